The first kappa shape index (κ1) is 18.5. The zero-order valence-electron chi connectivity index (χ0n) is 14.9. The first-order valence-corrected chi connectivity index (χ1v) is 8.43. The molecule has 0 spiro atoms. The second kappa shape index (κ2) is 8.87. The fraction of sp³-hybridized carbons (Fsp3) is 0.300. The highest BCUT2D eigenvalue weighted by molar-refractivity contribution is 5.92. The van der Waals surface area contributed by atoms with Crippen molar-refractivity contribution in [2.24, 2.45) is 5.92 Å². The van der Waals surface area contributed by atoms with E-state index in [-0.39, 0.29) is 11.9 Å². The van der Waals surface area contributed by atoms with Crippen LogP contribution >= 0.6 is 0 Å². The first-order valence-electron chi connectivity index (χ1n) is 8.43. The van der Waals surface area contributed by atoms with Gasteiger partial charge in [0.05, 0.1) is 0 Å². The second-order valence-corrected chi connectivity index (χ2v) is 6.46. The van der Waals surface area contributed by atoms with E-state index in [1.54, 1.807) is 24.3 Å². The molecule has 0 atom stereocenters. The molecule has 25 heavy (non-hydrogen) atoms. The Morgan fingerprint density at radius 1 is 0.920 bits per heavy atom. The Bertz CT molecular complexity index is 724. The van der Waals surface area contributed by atoms with Crippen molar-refractivity contribution in [2.75, 3.05) is 10.6 Å². The monoisotopic (exact) mass is 339 g/mol. The Labute approximate surface area is 148 Å². The molecule has 0 fully saturated rings. The predicted molar refractivity (Wildman–Crippen MR) is 102 cm³/mol. The van der Waals surface area contributed by atoms with Gasteiger partial charge in [0.25, 0.3) is 0 Å². The first-order chi connectivity index (χ1) is 11.9. The molecule has 0 aliphatic carbocycles. The standard InChI is InChI=1S/C20H25N3O2/c1-14(2)12-19(24)22-17-8-10-18(11-9-17)23-20(25)21-13-16-7-5-4-6-15(16)3/h4-11,14H,12-13H2,1-3H3,(H,22,24)(H2,21,23,25). The van der Waals surface area contributed by atoms with Crippen molar-refractivity contribution >= 4 is 23.3 Å². The van der Waals surface area contributed by atoms with Gasteiger partial charge in [-0.05, 0) is 48.2 Å². The number of anilines is 2. The fourth-order valence-corrected chi connectivity index (χ4v) is 2.38. The quantitative estimate of drug-likeness (QED) is 0.734. The lowest BCUT2D eigenvalue weighted by atomic mass is 10.1. The Morgan fingerprint density at radius 3 is 2.12 bits per heavy atom. The Morgan fingerprint density at radius 2 is 1.52 bits per heavy atom. The van der Waals surface area contributed by atoms with Crippen LogP contribution in [-0.4, -0.2) is 11.9 Å². The minimum absolute atomic E-state index is 0.00770. The van der Waals surface area contributed by atoms with Crippen molar-refractivity contribution in [3.8, 4) is 0 Å². The van der Waals surface area contributed by atoms with E-state index in [9.17, 15) is 9.59 Å². The SMILES string of the molecule is Cc1ccccc1CNC(=O)Nc1ccc(NC(=O)CC(C)C)cc1. The van der Waals surface area contributed by atoms with Crippen molar-refractivity contribution < 1.29 is 9.59 Å². The Kier molecular flexibility index (Phi) is 6.57. The Balaban J connectivity index is 1.83. The van der Waals surface area contributed by atoms with Crippen molar-refractivity contribution in [3.05, 3.63) is 59.7 Å². The predicted octanol–water partition coefficient (Wildman–Crippen LogP) is 4.30. The van der Waals surface area contributed by atoms with E-state index in [4.69, 9.17) is 0 Å². The van der Waals surface area contributed by atoms with E-state index < -0.39 is 0 Å². The maximum Gasteiger partial charge on any atom is 0.319 e. The highest BCUT2D eigenvalue weighted by atomic mass is 16.2. The fourth-order valence-electron chi connectivity index (χ4n) is 2.38. The zero-order chi connectivity index (χ0) is 18.2. The molecular formula is C20H25N3O2. The van der Waals surface area contributed by atoms with Crippen molar-refractivity contribution in [1.29, 1.82) is 0 Å². The highest BCUT2D eigenvalue weighted by Crippen LogP contribution is 2.14. The summed E-state index contributed by atoms with van der Waals surface area (Å²) >= 11 is 0. The van der Waals surface area contributed by atoms with Crippen molar-refractivity contribution in [3.63, 3.8) is 0 Å². The van der Waals surface area contributed by atoms with Gasteiger partial charge in [-0.1, -0.05) is 38.1 Å². The molecule has 0 saturated heterocycles. The number of carbonyl (C=O) groups is 2. The molecule has 0 radical (unpaired) electrons. The van der Waals surface area contributed by atoms with Crippen LogP contribution in [0.15, 0.2) is 48.5 Å². The molecule has 0 unspecified atom stereocenters. The number of hydrogen-bond donors (Lipinski definition) is 3. The average molecular weight is 339 g/mol. The minimum atomic E-state index is -0.264. The lowest BCUT2D eigenvalue weighted by Crippen LogP contribution is -2.28. The normalized spacial score (nSPS) is 10.4. The van der Waals surface area contributed by atoms with Crippen LogP contribution in [0.3, 0.4) is 0 Å². The topological polar surface area (TPSA) is 70.2 Å². The molecule has 132 valence electrons. The molecular weight excluding hydrogens is 314 g/mol. The Hall–Kier alpha value is -2.82. The molecule has 5 nitrogen and oxygen atoms in total. The maximum absolute atomic E-state index is 12.0. The van der Waals surface area contributed by atoms with Gasteiger partial charge in [0.2, 0.25) is 5.91 Å². The molecule has 2 aromatic carbocycles. The van der Waals surface area contributed by atoms with Crippen LogP contribution in [-0.2, 0) is 11.3 Å². The lowest BCUT2D eigenvalue weighted by Gasteiger charge is -2.11. The molecule has 0 heterocycles. The molecule has 3 N–H and O–H groups in total. The third-order valence-electron chi connectivity index (χ3n) is 3.72. The summed E-state index contributed by atoms with van der Waals surface area (Å²) in [5.74, 6) is 0.310. The third kappa shape index (κ3) is 6.30. The number of aryl methyl sites for hydroxylation is 1. The summed E-state index contributed by atoms with van der Waals surface area (Å²) < 4.78 is 0. The summed E-state index contributed by atoms with van der Waals surface area (Å²) in [5, 5.41) is 8.46. The highest BCUT2D eigenvalue weighted by Gasteiger charge is 2.06. The van der Waals surface area contributed by atoms with Gasteiger partial charge < -0.3 is 16.0 Å². The lowest BCUT2D eigenvalue weighted by molar-refractivity contribution is -0.116. The van der Waals surface area contributed by atoms with Crippen LogP contribution in [0, 0.1) is 12.8 Å². The summed E-state index contributed by atoms with van der Waals surface area (Å²) in [6.07, 6.45) is 0.487. The summed E-state index contributed by atoms with van der Waals surface area (Å²) in [7, 11) is 0. The van der Waals surface area contributed by atoms with Crippen molar-refractivity contribution in [2.45, 2.75) is 33.7 Å². The molecule has 0 aliphatic heterocycles. The van der Waals surface area contributed by atoms with E-state index in [2.05, 4.69) is 16.0 Å². The van der Waals surface area contributed by atoms with Gasteiger partial charge in [0.15, 0.2) is 0 Å². The molecule has 0 bridgehead atoms. The third-order valence-corrected chi connectivity index (χ3v) is 3.72. The molecule has 0 aromatic heterocycles. The van der Waals surface area contributed by atoms with E-state index in [1.165, 1.54) is 0 Å². The molecule has 2 rings (SSSR count). The van der Waals surface area contributed by atoms with E-state index in [0.717, 1.165) is 16.8 Å². The van der Waals surface area contributed by atoms with Crippen molar-refractivity contribution in [1.82, 2.24) is 5.32 Å². The van der Waals surface area contributed by atoms with Gasteiger partial charge in [-0.2, -0.15) is 0 Å². The largest absolute Gasteiger partial charge is 0.334 e. The van der Waals surface area contributed by atoms with Gasteiger partial charge in [0.1, 0.15) is 0 Å². The van der Waals surface area contributed by atoms with Crippen LogP contribution in [0.5, 0.6) is 0 Å². The summed E-state index contributed by atoms with van der Waals surface area (Å²) in [4.78, 5) is 23.7. The van der Waals surface area contributed by atoms with E-state index in [0.29, 0.717) is 24.6 Å². The molecule has 3 amide bonds. The average Bonchev–Trinajstić information content (AvgIpc) is 2.55. The zero-order valence-corrected chi connectivity index (χ0v) is 14.9. The van der Waals surface area contributed by atoms with E-state index >= 15 is 0 Å². The van der Waals surface area contributed by atoms with Crippen LogP contribution in [0.4, 0.5) is 16.2 Å². The number of urea groups is 1. The van der Waals surface area contributed by atoms with Gasteiger partial charge in [-0.25, -0.2) is 4.79 Å². The number of hydrogen-bond acceptors (Lipinski definition) is 2. The van der Waals surface area contributed by atoms with Gasteiger partial charge >= 0.3 is 6.03 Å². The summed E-state index contributed by atoms with van der Waals surface area (Å²) in [6.45, 7) is 6.49. The number of carbonyl (C=O) groups excluding carboxylic acids is 2. The van der Waals surface area contributed by atoms with Crippen LogP contribution in [0.1, 0.15) is 31.4 Å². The molecule has 5 heteroatoms. The number of amides is 3. The maximum atomic E-state index is 12.0. The molecule has 0 aliphatic rings. The smallest absolute Gasteiger partial charge is 0.319 e. The summed E-state index contributed by atoms with van der Waals surface area (Å²) in [6, 6.07) is 14.7. The second-order valence-electron chi connectivity index (χ2n) is 6.46. The van der Waals surface area contributed by atoms with Crippen LogP contribution in [0.25, 0.3) is 0 Å². The molecule has 2 aromatic rings. The minimum Gasteiger partial charge on any atom is -0.334 e. The van der Waals surface area contributed by atoms with Gasteiger partial charge in [0, 0.05) is 24.3 Å². The number of rotatable bonds is 6. The van der Waals surface area contributed by atoms with Gasteiger partial charge in [-0.15, -0.1) is 0 Å². The number of nitrogens with one attached hydrogen (secondary N) is 3. The van der Waals surface area contributed by atoms with Crippen LogP contribution in [0.2, 0.25) is 0 Å². The van der Waals surface area contributed by atoms with Crippen LogP contribution < -0.4 is 16.0 Å². The number of benzene rings is 2. The van der Waals surface area contributed by atoms with Gasteiger partial charge in [-0.3, -0.25) is 4.79 Å². The summed E-state index contributed by atoms with van der Waals surface area (Å²) in [5.41, 5.74) is 3.62. The molecule has 0 saturated carbocycles. The van der Waals surface area contributed by atoms with E-state index in [1.807, 2.05) is 45.0 Å².